The molecule has 29 heteroatoms. The Morgan fingerprint density at radius 3 is 0.611 bits per heavy atom. The summed E-state index contributed by atoms with van der Waals surface area (Å²) in [5, 5.41) is 0. The molecule has 0 rings (SSSR count). The number of halogens is 28. The van der Waals surface area contributed by atoms with Crippen LogP contribution >= 0.6 is 0 Å². The van der Waals surface area contributed by atoms with Gasteiger partial charge in [0.2, 0.25) is 0 Å². The summed E-state index contributed by atoms with van der Waals surface area (Å²) in [6.45, 7) is 0.372. The Hall–Kier alpha value is -2.00. The number of rotatable bonds is 13. The molecule has 0 bridgehead atoms. The van der Waals surface area contributed by atoms with E-state index in [1.807, 2.05) is 0 Å². The third kappa shape index (κ3) is 12.5. The molecule has 54 heavy (non-hydrogen) atoms. The summed E-state index contributed by atoms with van der Waals surface area (Å²) in [6, 6.07) is 0. The van der Waals surface area contributed by atoms with Gasteiger partial charge in [-0.1, -0.05) is 19.8 Å². The second-order valence-electron chi connectivity index (χ2n) is 12.1. The van der Waals surface area contributed by atoms with Gasteiger partial charge in [0.25, 0.3) is 22.7 Å². The molecule has 0 aliphatic carbocycles. The number of hydrogen-bond acceptors (Lipinski definition) is 1. The summed E-state index contributed by atoms with van der Waals surface area (Å²) in [5.41, 5.74) is -24.4. The summed E-state index contributed by atoms with van der Waals surface area (Å²) in [6.07, 6.45) is -67.7. The van der Waals surface area contributed by atoms with Crippen LogP contribution in [-0.2, 0) is 0 Å². The zero-order chi connectivity index (χ0) is 44.4. The Bertz CT molecular complexity index is 991. The van der Waals surface area contributed by atoms with E-state index in [2.05, 4.69) is 0 Å². The lowest BCUT2D eigenvalue weighted by atomic mass is 9.80. The lowest BCUT2D eigenvalue weighted by Crippen LogP contribution is -2.57. The number of alkyl halides is 28. The van der Waals surface area contributed by atoms with E-state index in [0.717, 1.165) is 25.9 Å². The highest BCUT2D eigenvalue weighted by molar-refractivity contribution is 5.02. The predicted octanol–water partition coefficient (Wildman–Crippen LogP) is 12.8. The van der Waals surface area contributed by atoms with Gasteiger partial charge in [-0.2, -0.15) is 105 Å². The molecule has 0 spiro atoms. The van der Waals surface area contributed by atoms with Crippen molar-refractivity contribution in [1.29, 1.82) is 0 Å². The van der Waals surface area contributed by atoms with Gasteiger partial charge < -0.3 is 4.90 Å². The molecule has 0 aliphatic rings. The molecule has 0 aromatic rings. The van der Waals surface area contributed by atoms with Crippen LogP contribution in [0.25, 0.3) is 0 Å². The Kier molecular flexibility index (Phi) is 16.9. The molecule has 0 unspecified atom stereocenters. The summed E-state index contributed by atoms with van der Waals surface area (Å²) in [5.74, 6) is -5.74. The van der Waals surface area contributed by atoms with Crippen molar-refractivity contribution in [2.75, 3.05) is 20.6 Å². The van der Waals surface area contributed by atoms with E-state index in [0.29, 0.717) is 0 Å². The van der Waals surface area contributed by atoms with E-state index in [1.165, 1.54) is 0 Å². The van der Waals surface area contributed by atoms with E-state index < -0.39 is 135 Å². The van der Waals surface area contributed by atoms with Crippen LogP contribution in [0.3, 0.4) is 0 Å². The molecule has 0 N–H and O–H groups in total. The van der Waals surface area contributed by atoms with Gasteiger partial charge in [-0.15, -0.1) is 0 Å². The Balaban J connectivity index is 0. The average molecular weight is 873 g/mol. The first-order valence-electron chi connectivity index (χ1n) is 14.1. The van der Waals surface area contributed by atoms with Crippen LogP contribution in [0.1, 0.15) is 51.9 Å². The summed E-state index contributed by atoms with van der Waals surface area (Å²) in [4.78, 5) is 0.995. The second kappa shape index (κ2) is 16.8. The molecule has 0 aliphatic heterocycles. The molecule has 0 radical (unpaired) electrons. The Morgan fingerprint density at radius 1 is 0.315 bits per heavy atom. The molecule has 0 saturated carbocycles. The van der Waals surface area contributed by atoms with Gasteiger partial charge in [-0.05, 0) is 38.9 Å². The molecule has 1 nitrogen and oxygen atoms in total. The van der Waals surface area contributed by atoms with Crippen LogP contribution in [0.4, 0.5) is 123 Å². The zero-order valence-electron chi connectivity index (χ0n) is 26.8. The van der Waals surface area contributed by atoms with Crippen molar-refractivity contribution in [3.8, 4) is 0 Å². The first-order chi connectivity index (χ1) is 23.1. The van der Waals surface area contributed by atoms with Gasteiger partial charge in [0, 0.05) is 25.7 Å². The first kappa shape index (κ1) is 54.1. The van der Waals surface area contributed by atoms with E-state index in [9.17, 15) is 123 Å². The maximum absolute atomic E-state index is 13.8. The molecule has 0 heterocycles. The molecule has 0 atom stereocenters. The molecule has 0 amide bonds. The van der Waals surface area contributed by atoms with Crippen molar-refractivity contribution in [3.05, 3.63) is 0 Å². The zero-order valence-corrected chi connectivity index (χ0v) is 26.8. The molecular formula is C25H27F28N. The average Bonchev–Trinajstić information content (AvgIpc) is 2.86. The van der Waals surface area contributed by atoms with Crippen molar-refractivity contribution in [3.63, 3.8) is 0 Å². The van der Waals surface area contributed by atoms with E-state index >= 15 is 0 Å². The quantitative estimate of drug-likeness (QED) is 0.167. The monoisotopic (exact) mass is 873 g/mol. The predicted molar refractivity (Wildman–Crippen MR) is 127 cm³/mol. The van der Waals surface area contributed by atoms with Gasteiger partial charge in [-0.25, -0.2) is 17.6 Å². The highest BCUT2D eigenvalue weighted by Crippen LogP contribution is 2.57. The first-order valence-corrected chi connectivity index (χ1v) is 14.1. The van der Waals surface area contributed by atoms with Crippen molar-refractivity contribution < 1.29 is 123 Å². The highest BCUT2D eigenvalue weighted by Gasteiger charge is 2.77. The lowest BCUT2D eigenvalue weighted by molar-refractivity contribution is -0.358. The third-order valence-corrected chi connectivity index (χ3v) is 7.56. The van der Waals surface area contributed by atoms with Crippen LogP contribution in [0.5, 0.6) is 0 Å². The van der Waals surface area contributed by atoms with Crippen molar-refractivity contribution >= 4 is 0 Å². The van der Waals surface area contributed by atoms with Gasteiger partial charge >= 0.3 is 49.4 Å². The minimum absolute atomic E-state index is 0.512. The summed E-state index contributed by atoms with van der Waals surface area (Å²) < 4.78 is 356. The normalized spacial score (nSPS) is 15.7. The van der Waals surface area contributed by atoms with Gasteiger partial charge in [0.1, 0.15) is 0 Å². The van der Waals surface area contributed by atoms with Crippen LogP contribution in [0, 0.1) is 11.8 Å². The van der Waals surface area contributed by atoms with Crippen molar-refractivity contribution in [2.24, 2.45) is 11.8 Å². The van der Waals surface area contributed by atoms with Gasteiger partial charge in [0.15, 0.2) is 0 Å². The molecule has 0 saturated heterocycles. The fourth-order valence-corrected chi connectivity index (χ4v) is 4.56. The maximum atomic E-state index is 13.8. The largest absolute Gasteiger partial charge is 0.431 e. The van der Waals surface area contributed by atoms with Crippen LogP contribution in [-0.4, -0.2) is 97.6 Å². The number of hydrogen-bond donors (Lipinski definition) is 0. The third-order valence-electron chi connectivity index (χ3n) is 7.56. The lowest BCUT2D eigenvalue weighted by Gasteiger charge is -2.37. The molecule has 0 fully saturated rings. The number of nitrogens with zero attached hydrogens (tertiary/aromatic N) is 1. The molecule has 0 aromatic heterocycles. The fourth-order valence-electron chi connectivity index (χ4n) is 4.56. The van der Waals surface area contributed by atoms with E-state index in [4.69, 9.17) is 0 Å². The molecule has 328 valence electrons. The summed E-state index contributed by atoms with van der Waals surface area (Å²) in [7, 11) is 2.28. The minimum atomic E-state index is -6.70. The molecular weight excluding hydrogens is 846 g/mol. The van der Waals surface area contributed by atoms with Gasteiger partial charge in [-0.3, -0.25) is 0 Å². The van der Waals surface area contributed by atoms with Crippen molar-refractivity contribution in [1.82, 2.24) is 4.90 Å². The maximum Gasteiger partial charge on any atom is 0.431 e. The SMILES string of the molecule is CCCC(CC(F)(C(F)(F)F)C(F)(F)F)CC(F)(C(F)(F)F)C(F)(F)F.CN(C)CCC(CC(F)(C(F)(F)F)C(F)(F)F)CC(F)(C(F)(F)F)C(F)(F)F. The van der Waals surface area contributed by atoms with E-state index in [-0.39, 0.29) is 0 Å². The van der Waals surface area contributed by atoms with Crippen molar-refractivity contribution in [2.45, 2.75) is 124 Å². The highest BCUT2D eigenvalue weighted by atomic mass is 19.5. The van der Waals surface area contributed by atoms with Gasteiger partial charge in [0.05, 0.1) is 0 Å². The van der Waals surface area contributed by atoms with E-state index in [1.54, 1.807) is 0 Å². The Labute approximate surface area is 285 Å². The second-order valence-corrected chi connectivity index (χ2v) is 12.1. The standard InChI is InChI=1S/C13H15F14N.C12H12F14/c1-28(2)4-3-7(5-8(14,10(16,17)18)11(19,20)21)6-9(15,12(22,23)24)13(25,26)27;1-2-3-6(4-7(13,9(15,16)17)10(18,19)20)5-8(14,11(21,22)23)12(24,25)26/h7H,3-6H2,1-2H3;6H,2-5H2,1H3. The fraction of sp³-hybridized carbons (Fsp3) is 1.00. The molecule has 0 aromatic carbocycles. The van der Waals surface area contributed by atoms with Crippen LogP contribution in [0.15, 0.2) is 0 Å². The van der Waals surface area contributed by atoms with Crippen LogP contribution in [0.2, 0.25) is 0 Å². The topological polar surface area (TPSA) is 3.24 Å². The smallest absolute Gasteiger partial charge is 0.309 e. The Morgan fingerprint density at radius 2 is 0.481 bits per heavy atom. The minimum Gasteiger partial charge on any atom is -0.309 e. The summed E-state index contributed by atoms with van der Waals surface area (Å²) >= 11 is 0. The van der Waals surface area contributed by atoms with Crippen LogP contribution < -0.4 is 0 Å².